The lowest BCUT2D eigenvalue weighted by atomic mass is 10.4. The maximum Gasteiger partial charge on any atom is 0.142 e. The van der Waals surface area contributed by atoms with E-state index in [1.54, 1.807) is 13.0 Å². The number of allylic oxidation sites excluding steroid dienone is 4. The van der Waals surface area contributed by atoms with Gasteiger partial charge in [0.1, 0.15) is 6.29 Å². The first-order chi connectivity index (χ1) is 5.33. The van der Waals surface area contributed by atoms with Gasteiger partial charge in [-0.1, -0.05) is 25.2 Å². The molecule has 0 amide bonds. The Kier molecular flexibility index (Phi) is 18.6. The molecule has 2 nitrogen and oxygen atoms in total. The Morgan fingerprint density at radius 3 is 2.09 bits per heavy atom. The summed E-state index contributed by atoms with van der Waals surface area (Å²) in [4.78, 5) is 9.65. The van der Waals surface area contributed by atoms with Crippen LogP contribution in [-0.2, 0) is 4.79 Å². The van der Waals surface area contributed by atoms with Crippen molar-refractivity contribution >= 4 is 6.29 Å². The molecule has 0 atom stereocenters. The van der Waals surface area contributed by atoms with Crippen molar-refractivity contribution < 1.29 is 9.90 Å². The van der Waals surface area contributed by atoms with Crippen LogP contribution >= 0.6 is 0 Å². The van der Waals surface area contributed by atoms with E-state index in [0.29, 0.717) is 0 Å². The van der Waals surface area contributed by atoms with Crippen LogP contribution in [-0.4, -0.2) is 18.0 Å². The summed E-state index contributed by atoms with van der Waals surface area (Å²) in [5.41, 5.74) is 0. The average molecular weight is 156 g/mol. The van der Waals surface area contributed by atoms with Gasteiger partial charge in [-0.25, -0.2) is 0 Å². The van der Waals surface area contributed by atoms with Gasteiger partial charge in [0, 0.05) is 6.61 Å². The summed E-state index contributed by atoms with van der Waals surface area (Å²) in [6.07, 6.45) is 8.81. The molecule has 0 rings (SSSR count). The summed E-state index contributed by atoms with van der Waals surface area (Å²) in [5.74, 6) is 0. The number of aliphatic hydroxyl groups excluding tert-OH is 1. The van der Waals surface area contributed by atoms with Crippen LogP contribution < -0.4 is 0 Å². The third kappa shape index (κ3) is 27.3. The second-order valence-corrected chi connectivity index (χ2v) is 1.67. The van der Waals surface area contributed by atoms with Gasteiger partial charge in [0.25, 0.3) is 0 Å². The van der Waals surface area contributed by atoms with Gasteiger partial charge >= 0.3 is 0 Å². The summed E-state index contributed by atoms with van der Waals surface area (Å²) in [7, 11) is 0. The summed E-state index contributed by atoms with van der Waals surface area (Å²) in [6, 6.07) is 0. The van der Waals surface area contributed by atoms with Crippen LogP contribution in [0.1, 0.15) is 20.3 Å². The fourth-order valence-electron chi connectivity index (χ4n) is 0.324. The van der Waals surface area contributed by atoms with Gasteiger partial charge in [-0.15, -0.1) is 0 Å². The Morgan fingerprint density at radius 2 is 1.73 bits per heavy atom. The molecule has 0 aromatic carbocycles. The first kappa shape index (κ1) is 12.8. The average Bonchev–Trinajstić information content (AvgIpc) is 2.00. The van der Waals surface area contributed by atoms with Crippen LogP contribution in [0.2, 0.25) is 0 Å². The molecule has 1 N–H and O–H groups in total. The Hall–Kier alpha value is -0.890. The van der Waals surface area contributed by atoms with E-state index in [4.69, 9.17) is 5.11 Å². The molecular formula is C9H16O2. The van der Waals surface area contributed by atoms with Crippen molar-refractivity contribution in [2.75, 3.05) is 6.61 Å². The summed E-state index contributed by atoms with van der Waals surface area (Å²) in [5, 5.41) is 7.57. The molecule has 0 aromatic heterocycles. The van der Waals surface area contributed by atoms with Gasteiger partial charge in [0.2, 0.25) is 0 Å². The number of hydrogen-bond acceptors (Lipinski definition) is 2. The fourth-order valence-corrected chi connectivity index (χ4v) is 0.324. The van der Waals surface area contributed by atoms with Crippen LogP contribution in [0.3, 0.4) is 0 Å². The number of carbonyl (C=O) groups excluding carboxylic acids is 1. The van der Waals surface area contributed by atoms with Crippen molar-refractivity contribution in [1.29, 1.82) is 0 Å². The normalized spacial score (nSPS) is 9.73. The Balaban J connectivity index is 0. The molecule has 0 fully saturated rings. The zero-order valence-corrected chi connectivity index (χ0v) is 7.16. The van der Waals surface area contributed by atoms with Crippen LogP contribution in [0.5, 0.6) is 0 Å². The number of hydrogen-bond donors (Lipinski definition) is 1. The highest BCUT2D eigenvalue weighted by Gasteiger charge is 1.61. The quantitative estimate of drug-likeness (QED) is 0.383. The monoisotopic (exact) mass is 156 g/mol. The molecule has 0 aromatic rings. The van der Waals surface area contributed by atoms with Gasteiger partial charge in [-0.3, -0.25) is 4.79 Å². The molecule has 0 heterocycles. The largest absolute Gasteiger partial charge is 0.397 e. The molecule has 0 spiro atoms. The SMILES string of the molecule is CCC=CC=CC=O.CCO. The van der Waals surface area contributed by atoms with Gasteiger partial charge in [-0.2, -0.15) is 0 Å². The van der Waals surface area contributed by atoms with Crippen molar-refractivity contribution in [3.63, 3.8) is 0 Å². The highest BCUT2D eigenvalue weighted by Crippen LogP contribution is 1.79. The van der Waals surface area contributed by atoms with Crippen LogP contribution in [0, 0.1) is 0 Å². The Bertz CT molecular complexity index is 115. The van der Waals surface area contributed by atoms with E-state index in [9.17, 15) is 4.79 Å². The second-order valence-electron chi connectivity index (χ2n) is 1.67. The van der Waals surface area contributed by atoms with Crippen molar-refractivity contribution in [2.24, 2.45) is 0 Å². The fraction of sp³-hybridized carbons (Fsp3) is 0.444. The lowest BCUT2D eigenvalue weighted by Crippen LogP contribution is -1.57. The predicted molar refractivity (Wildman–Crippen MR) is 47.4 cm³/mol. The van der Waals surface area contributed by atoms with E-state index in [1.165, 1.54) is 6.08 Å². The van der Waals surface area contributed by atoms with Crippen molar-refractivity contribution in [3.05, 3.63) is 24.3 Å². The molecule has 0 radical (unpaired) electrons. The highest BCUT2D eigenvalue weighted by molar-refractivity contribution is 5.65. The van der Waals surface area contributed by atoms with Gasteiger partial charge < -0.3 is 5.11 Å². The molecule has 0 bridgehead atoms. The molecule has 0 aliphatic carbocycles. The Labute approximate surface area is 68.2 Å². The lowest BCUT2D eigenvalue weighted by Gasteiger charge is -1.70. The first-order valence-electron chi connectivity index (χ1n) is 3.71. The van der Waals surface area contributed by atoms with E-state index in [2.05, 4.69) is 0 Å². The molecule has 0 unspecified atom stereocenters. The van der Waals surface area contributed by atoms with Crippen LogP contribution in [0.25, 0.3) is 0 Å². The molecule has 11 heavy (non-hydrogen) atoms. The maximum atomic E-state index is 9.65. The first-order valence-corrected chi connectivity index (χ1v) is 3.71. The van der Waals surface area contributed by atoms with Crippen molar-refractivity contribution in [2.45, 2.75) is 20.3 Å². The maximum absolute atomic E-state index is 9.65. The zero-order valence-electron chi connectivity index (χ0n) is 7.16. The molecule has 0 saturated carbocycles. The highest BCUT2D eigenvalue weighted by atomic mass is 16.2. The predicted octanol–water partition coefficient (Wildman–Crippen LogP) is 1.71. The lowest BCUT2D eigenvalue weighted by molar-refractivity contribution is -0.104. The minimum absolute atomic E-state index is 0.250. The van der Waals surface area contributed by atoms with Crippen molar-refractivity contribution in [1.82, 2.24) is 0 Å². The smallest absolute Gasteiger partial charge is 0.142 e. The number of aliphatic hydroxyl groups is 1. The standard InChI is InChI=1S/C7H10O.C2H6O/c1-2-3-4-5-6-7-8;1-2-3/h3-7H,2H2,1H3;3H,2H2,1H3. The summed E-state index contributed by atoms with van der Waals surface area (Å²) >= 11 is 0. The molecule has 2 heteroatoms. The second kappa shape index (κ2) is 16.1. The molecule has 0 aliphatic rings. The van der Waals surface area contributed by atoms with E-state index < -0.39 is 0 Å². The number of aldehydes is 1. The molecule has 0 saturated heterocycles. The van der Waals surface area contributed by atoms with Gasteiger partial charge in [-0.05, 0) is 19.4 Å². The minimum Gasteiger partial charge on any atom is -0.397 e. The molecular weight excluding hydrogens is 140 g/mol. The third-order valence-electron chi connectivity index (χ3n) is 0.673. The Morgan fingerprint density at radius 1 is 1.18 bits per heavy atom. The van der Waals surface area contributed by atoms with E-state index in [-0.39, 0.29) is 6.61 Å². The summed E-state index contributed by atoms with van der Waals surface area (Å²) < 4.78 is 0. The van der Waals surface area contributed by atoms with Crippen LogP contribution in [0.15, 0.2) is 24.3 Å². The minimum atomic E-state index is 0.250. The topological polar surface area (TPSA) is 37.3 Å². The molecule has 64 valence electrons. The zero-order chi connectivity index (χ0) is 8.95. The van der Waals surface area contributed by atoms with E-state index in [1.807, 2.05) is 19.1 Å². The number of rotatable bonds is 3. The van der Waals surface area contributed by atoms with E-state index >= 15 is 0 Å². The van der Waals surface area contributed by atoms with Crippen molar-refractivity contribution in [3.8, 4) is 0 Å². The number of carbonyl (C=O) groups is 1. The van der Waals surface area contributed by atoms with Gasteiger partial charge in [0.05, 0.1) is 0 Å². The van der Waals surface area contributed by atoms with Gasteiger partial charge in [0.15, 0.2) is 0 Å². The van der Waals surface area contributed by atoms with Crippen LogP contribution in [0.4, 0.5) is 0 Å². The summed E-state index contributed by atoms with van der Waals surface area (Å²) in [6.45, 7) is 3.98. The third-order valence-corrected chi connectivity index (χ3v) is 0.673. The van der Waals surface area contributed by atoms with E-state index in [0.717, 1.165) is 12.7 Å². The molecule has 0 aliphatic heterocycles.